The van der Waals surface area contributed by atoms with Crippen LogP contribution in [-0.4, -0.2) is 29.9 Å². The number of carbonyl (C=O) groups excluding carboxylic acids is 1. The second-order valence-corrected chi connectivity index (χ2v) is 4.79. The number of carbonyl (C=O) groups is 1. The molecule has 13 heavy (non-hydrogen) atoms. The highest BCUT2D eigenvalue weighted by Gasteiger charge is 2.42. The summed E-state index contributed by atoms with van der Waals surface area (Å²) in [7, 11) is 1.99. The fourth-order valence-corrected chi connectivity index (χ4v) is 2.08. The highest BCUT2D eigenvalue weighted by atomic mass is 16.1. The van der Waals surface area contributed by atoms with E-state index >= 15 is 0 Å². The zero-order valence-corrected chi connectivity index (χ0v) is 9.00. The molecule has 3 heteroatoms. The van der Waals surface area contributed by atoms with Gasteiger partial charge in [-0.1, -0.05) is 13.8 Å². The Hall–Kier alpha value is -0.570. The second kappa shape index (κ2) is 3.29. The highest BCUT2D eigenvalue weighted by Crippen LogP contribution is 2.43. The standard InChI is InChI=1S/C10H20N2O/c1-7(9(11)13)12(4)8-5-6-10(8,2)3/h7-8H,5-6H2,1-4H3,(H2,11,13). The van der Waals surface area contributed by atoms with Crippen LogP contribution in [0, 0.1) is 5.41 Å². The molecule has 0 radical (unpaired) electrons. The van der Waals surface area contributed by atoms with Gasteiger partial charge in [0.05, 0.1) is 6.04 Å². The van der Waals surface area contributed by atoms with Gasteiger partial charge in [-0.15, -0.1) is 0 Å². The second-order valence-electron chi connectivity index (χ2n) is 4.79. The Morgan fingerprint density at radius 1 is 1.62 bits per heavy atom. The van der Waals surface area contributed by atoms with Crippen LogP contribution < -0.4 is 5.73 Å². The van der Waals surface area contributed by atoms with Crippen molar-refractivity contribution in [3.05, 3.63) is 0 Å². The Balaban J connectivity index is 2.58. The third-order valence-electron chi connectivity index (χ3n) is 3.48. The average molecular weight is 184 g/mol. The van der Waals surface area contributed by atoms with E-state index in [4.69, 9.17) is 5.73 Å². The van der Waals surface area contributed by atoms with Gasteiger partial charge in [-0.3, -0.25) is 9.69 Å². The van der Waals surface area contributed by atoms with Gasteiger partial charge >= 0.3 is 0 Å². The molecule has 1 rings (SSSR count). The third-order valence-corrected chi connectivity index (χ3v) is 3.48. The Kier molecular flexibility index (Phi) is 2.66. The molecule has 1 saturated carbocycles. The summed E-state index contributed by atoms with van der Waals surface area (Å²) >= 11 is 0. The minimum absolute atomic E-state index is 0.149. The van der Waals surface area contributed by atoms with E-state index in [1.54, 1.807) is 0 Å². The molecule has 0 aromatic carbocycles. The molecule has 0 aromatic heterocycles. The number of rotatable bonds is 3. The fourth-order valence-electron chi connectivity index (χ4n) is 2.08. The summed E-state index contributed by atoms with van der Waals surface area (Å²) in [6, 6.07) is 0.361. The maximum atomic E-state index is 11.0. The van der Waals surface area contributed by atoms with Crippen molar-refractivity contribution >= 4 is 5.91 Å². The number of hydrogen-bond donors (Lipinski definition) is 1. The van der Waals surface area contributed by atoms with Gasteiger partial charge in [0, 0.05) is 6.04 Å². The molecule has 3 nitrogen and oxygen atoms in total. The summed E-state index contributed by atoms with van der Waals surface area (Å²) in [6.45, 7) is 6.35. The Labute approximate surface area is 80.3 Å². The van der Waals surface area contributed by atoms with E-state index < -0.39 is 0 Å². The number of likely N-dealkylation sites (N-methyl/N-ethyl adjacent to an activating group) is 1. The van der Waals surface area contributed by atoms with Crippen molar-refractivity contribution in [1.82, 2.24) is 4.90 Å². The normalized spacial score (nSPS) is 28.2. The van der Waals surface area contributed by atoms with Crippen molar-refractivity contribution in [2.24, 2.45) is 11.1 Å². The fraction of sp³-hybridized carbons (Fsp3) is 0.900. The van der Waals surface area contributed by atoms with Gasteiger partial charge in [-0.05, 0) is 32.2 Å². The molecule has 76 valence electrons. The van der Waals surface area contributed by atoms with Crippen molar-refractivity contribution in [2.45, 2.75) is 45.7 Å². The Bertz CT molecular complexity index is 213. The van der Waals surface area contributed by atoms with Gasteiger partial charge in [-0.2, -0.15) is 0 Å². The van der Waals surface area contributed by atoms with Crippen LogP contribution in [0.15, 0.2) is 0 Å². The molecule has 1 aliphatic rings. The lowest BCUT2D eigenvalue weighted by Crippen LogP contribution is -2.56. The van der Waals surface area contributed by atoms with Gasteiger partial charge in [0.2, 0.25) is 5.91 Å². The molecular weight excluding hydrogens is 164 g/mol. The number of primary amides is 1. The van der Waals surface area contributed by atoms with E-state index in [2.05, 4.69) is 18.7 Å². The number of amides is 1. The first-order valence-electron chi connectivity index (χ1n) is 4.87. The van der Waals surface area contributed by atoms with Crippen molar-refractivity contribution in [1.29, 1.82) is 0 Å². The van der Waals surface area contributed by atoms with Gasteiger partial charge in [0.1, 0.15) is 0 Å². The van der Waals surface area contributed by atoms with Crippen molar-refractivity contribution in [3.8, 4) is 0 Å². The van der Waals surface area contributed by atoms with Crippen LogP contribution in [0.5, 0.6) is 0 Å². The van der Waals surface area contributed by atoms with Crippen LogP contribution in [0.25, 0.3) is 0 Å². The predicted octanol–water partition coefficient (Wildman–Crippen LogP) is 0.981. The summed E-state index contributed by atoms with van der Waals surface area (Å²) in [4.78, 5) is 13.1. The highest BCUT2D eigenvalue weighted by molar-refractivity contribution is 5.79. The van der Waals surface area contributed by atoms with Crippen LogP contribution in [0.1, 0.15) is 33.6 Å². The predicted molar refractivity (Wildman–Crippen MR) is 53.2 cm³/mol. The first-order valence-corrected chi connectivity index (χ1v) is 4.87. The summed E-state index contributed by atoms with van der Waals surface area (Å²) in [5.74, 6) is -0.231. The number of nitrogens with zero attached hydrogens (tertiary/aromatic N) is 1. The lowest BCUT2D eigenvalue weighted by Gasteiger charge is -2.50. The van der Waals surface area contributed by atoms with E-state index in [1.807, 2.05) is 14.0 Å². The summed E-state index contributed by atoms with van der Waals surface area (Å²) in [5.41, 5.74) is 5.61. The molecule has 0 aliphatic heterocycles. The monoisotopic (exact) mass is 184 g/mol. The van der Waals surface area contributed by atoms with Crippen molar-refractivity contribution < 1.29 is 4.79 Å². The van der Waals surface area contributed by atoms with E-state index in [9.17, 15) is 4.79 Å². The first-order chi connectivity index (χ1) is 5.86. The van der Waals surface area contributed by atoms with Crippen molar-refractivity contribution in [2.75, 3.05) is 7.05 Å². The Morgan fingerprint density at radius 3 is 2.38 bits per heavy atom. The minimum atomic E-state index is -0.231. The summed E-state index contributed by atoms with van der Waals surface area (Å²) < 4.78 is 0. The summed E-state index contributed by atoms with van der Waals surface area (Å²) in [5, 5.41) is 0. The Morgan fingerprint density at radius 2 is 2.15 bits per heavy atom. The quantitative estimate of drug-likeness (QED) is 0.710. The first kappa shape index (κ1) is 10.5. The molecule has 2 N–H and O–H groups in total. The smallest absolute Gasteiger partial charge is 0.234 e. The molecule has 2 unspecified atom stereocenters. The average Bonchev–Trinajstić information content (AvgIpc) is 2.01. The SMILES string of the molecule is CC(C(N)=O)N(C)C1CCC1(C)C. The topological polar surface area (TPSA) is 46.3 Å². The lowest BCUT2D eigenvalue weighted by molar-refractivity contribution is -0.125. The number of hydrogen-bond acceptors (Lipinski definition) is 2. The number of nitrogens with two attached hydrogens (primary N) is 1. The minimum Gasteiger partial charge on any atom is -0.368 e. The molecule has 0 bridgehead atoms. The molecule has 1 amide bonds. The molecule has 1 aliphatic carbocycles. The lowest BCUT2D eigenvalue weighted by atomic mass is 9.66. The molecule has 2 atom stereocenters. The van der Waals surface area contributed by atoms with Crippen LogP contribution in [0.2, 0.25) is 0 Å². The van der Waals surface area contributed by atoms with Gasteiger partial charge in [0.25, 0.3) is 0 Å². The van der Waals surface area contributed by atoms with Gasteiger partial charge in [-0.25, -0.2) is 0 Å². The molecule has 0 aromatic rings. The van der Waals surface area contributed by atoms with Gasteiger partial charge < -0.3 is 5.73 Å². The molecule has 0 saturated heterocycles. The van der Waals surface area contributed by atoms with Crippen LogP contribution >= 0.6 is 0 Å². The van der Waals surface area contributed by atoms with Crippen LogP contribution in [-0.2, 0) is 4.79 Å². The molecular formula is C10H20N2O. The van der Waals surface area contributed by atoms with E-state index in [1.165, 1.54) is 12.8 Å². The maximum Gasteiger partial charge on any atom is 0.234 e. The molecule has 1 fully saturated rings. The maximum absolute atomic E-state index is 11.0. The van der Waals surface area contributed by atoms with Gasteiger partial charge in [0.15, 0.2) is 0 Å². The van der Waals surface area contributed by atoms with E-state index in [-0.39, 0.29) is 11.9 Å². The molecule has 0 spiro atoms. The summed E-state index contributed by atoms with van der Waals surface area (Å²) in [6.07, 6.45) is 2.43. The van der Waals surface area contributed by atoms with E-state index in [0.29, 0.717) is 11.5 Å². The largest absolute Gasteiger partial charge is 0.368 e. The van der Waals surface area contributed by atoms with Crippen molar-refractivity contribution in [3.63, 3.8) is 0 Å². The van der Waals surface area contributed by atoms with Crippen LogP contribution in [0.4, 0.5) is 0 Å². The zero-order chi connectivity index (χ0) is 10.2. The third kappa shape index (κ3) is 1.85. The molecule has 0 heterocycles. The van der Waals surface area contributed by atoms with E-state index in [0.717, 1.165) is 0 Å². The zero-order valence-electron chi connectivity index (χ0n) is 9.00. The van der Waals surface area contributed by atoms with Crippen LogP contribution in [0.3, 0.4) is 0 Å².